The molecule has 0 aliphatic rings. The normalized spacial score (nSPS) is 14.6. The van der Waals surface area contributed by atoms with Crippen LogP contribution in [0, 0.1) is 5.92 Å². The minimum atomic E-state index is -4.96. The van der Waals surface area contributed by atoms with E-state index in [1.807, 2.05) is 0 Å². The lowest BCUT2D eigenvalue weighted by atomic mass is 10.00. The average Bonchev–Trinajstić information content (AvgIpc) is 3.73. The van der Waals surface area contributed by atoms with Gasteiger partial charge < -0.3 is 33.8 Å². The highest BCUT2D eigenvalue weighted by Crippen LogP contribution is 2.45. The van der Waals surface area contributed by atoms with Crippen molar-refractivity contribution < 1.29 is 80.2 Å². The highest BCUT2D eigenvalue weighted by Gasteiger charge is 2.30. The van der Waals surface area contributed by atoms with E-state index in [0.29, 0.717) is 25.7 Å². The molecule has 6 atom stereocenters. The lowest BCUT2D eigenvalue weighted by molar-refractivity contribution is -0.161. The molecule has 89 heavy (non-hydrogen) atoms. The van der Waals surface area contributed by atoms with E-state index in [9.17, 15) is 43.2 Å². The van der Waals surface area contributed by atoms with Gasteiger partial charge in [-0.05, 0) is 57.3 Å². The molecule has 0 radical (unpaired) electrons. The van der Waals surface area contributed by atoms with Gasteiger partial charge in [0.05, 0.1) is 26.4 Å². The highest BCUT2D eigenvalue weighted by molar-refractivity contribution is 7.47. The summed E-state index contributed by atoms with van der Waals surface area (Å²) in [5.74, 6) is -1.44. The Balaban J connectivity index is 5.24. The van der Waals surface area contributed by atoms with Crippen LogP contribution in [0.25, 0.3) is 0 Å². The van der Waals surface area contributed by atoms with Gasteiger partial charge in [-0.3, -0.25) is 37.3 Å². The number of phosphoric acid groups is 2. The van der Waals surface area contributed by atoms with Crippen LogP contribution in [0.1, 0.15) is 336 Å². The van der Waals surface area contributed by atoms with Crippen LogP contribution in [0.4, 0.5) is 0 Å². The second-order valence-electron chi connectivity index (χ2n) is 24.8. The third-order valence-corrected chi connectivity index (χ3v) is 17.9. The van der Waals surface area contributed by atoms with E-state index in [1.54, 1.807) is 0 Å². The van der Waals surface area contributed by atoms with Gasteiger partial charge in [-0.1, -0.05) is 284 Å². The van der Waals surface area contributed by atoms with Crippen molar-refractivity contribution in [1.82, 2.24) is 0 Å². The number of hydrogen-bond donors (Lipinski definition) is 3. The maximum Gasteiger partial charge on any atom is 0.472 e. The van der Waals surface area contributed by atoms with Gasteiger partial charge in [0.15, 0.2) is 12.2 Å². The van der Waals surface area contributed by atoms with Crippen LogP contribution in [0.5, 0.6) is 0 Å². The molecule has 0 aromatic heterocycles. The molecule has 0 aromatic carbocycles. The summed E-state index contributed by atoms with van der Waals surface area (Å²) < 4.78 is 68.1. The van der Waals surface area contributed by atoms with Gasteiger partial charge >= 0.3 is 39.5 Å². The average molecular weight is 1310 g/mol. The van der Waals surface area contributed by atoms with Crippen molar-refractivity contribution in [3.05, 3.63) is 24.3 Å². The van der Waals surface area contributed by atoms with Gasteiger partial charge in [-0.2, -0.15) is 0 Å². The van der Waals surface area contributed by atoms with E-state index in [0.717, 1.165) is 128 Å². The number of allylic oxidation sites excluding steroid dienone is 4. The minimum absolute atomic E-state index is 0.100. The van der Waals surface area contributed by atoms with Gasteiger partial charge in [0.25, 0.3) is 0 Å². The van der Waals surface area contributed by atoms with Crippen molar-refractivity contribution in [1.29, 1.82) is 0 Å². The van der Waals surface area contributed by atoms with E-state index >= 15 is 0 Å². The Labute approximate surface area is 542 Å². The van der Waals surface area contributed by atoms with E-state index in [1.165, 1.54) is 128 Å². The summed E-state index contributed by atoms with van der Waals surface area (Å²) in [6, 6.07) is 0. The first-order valence-corrected chi connectivity index (χ1v) is 39.0. The first kappa shape index (κ1) is 86.5. The molecule has 0 rings (SSSR count). The molecule has 17 nitrogen and oxygen atoms in total. The number of aliphatic hydroxyl groups excluding tert-OH is 1. The minimum Gasteiger partial charge on any atom is -0.462 e. The quantitative estimate of drug-likeness (QED) is 0.0169. The van der Waals surface area contributed by atoms with E-state index in [2.05, 4.69) is 58.9 Å². The van der Waals surface area contributed by atoms with Crippen molar-refractivity contribution in [2.75, 3.05) is 39.6 Å². The first-order valence-electron chi connectivity index (χ1n) is 36.0. The summed E-state index contributed by atoms with van der Waals surface area (Å²) in [5, 5.41) is 10.6. The molecule has 0 saturated heterocycles. The molecule has 3 unspecified atom stereocenters. The van der Waals surface area contributed by atoms with E-state index in [-0.39, 0.29) is 25.7 Å². The van der Waals surface area contributed by atoms with Crippen molar-refractivity contribution in [2.24, 2.45) is 5.92 Å². The topological polar surface area (TPSA) is 237 Å². The molecule has 524 valence electrons. The number of carbonyl (C=O) groups is 4. The zero-order chi connectivity index (χ0) is 65.6. The lowest BCUT2D eigenvalue weighted by Crippen LogP contribution is -2.30. The maximum absolute atomic E-state index is 13.0. The molecule has 0 saturated carbocycles. The Morgan fingerprint density at radius 3 is 0.955 bits per heavy atom. The van der Waals surface area contributed by atoms with Crippen LogP contribution in [0.3, 0.4) is 0 Å². The molecule has 0 aliphatic heterocycles. The van der Waals surface area contributed by atoms with Crippen molar-refractivity contribution >= 4 is 39.5 Å². The van der Waals surface area contributed by atoms with Crippen molar-refractivity contribution in [3.8, 4) is 0 Å². The molecule has 0 fully saturated rings. The number of unbranched alkanes of at least 4 members (excludes halogenated alkanes) is 36. The SMILES string of the molecule is CCCCCC/C=C\C=C/CCCCCCCC(=O)OC[C@H](COP(=O)(O)OC[C@@H](O)COP(=O)(O)OC[C@@H](COC(=O)CCCCCCCCC)OC(=O)CCCCCCCCC(C)CC)OC(=O)CCCCCCCCCCCCCCCCCCC. The Morgan fingerprint density at radius 2 is 0.629 bits per heavy atom. The van der Waals surface area contributed by atoms with Crippen molar-refractivity contribution in [3.63, 3.8) is 0 Å². The fraction of sp³-hybridized carbons (Fsp3) is 0.886. The number of aliphatic hydroxyl groups is 1. The third kappa shape index (κ3) is 62.7. The molecule has 0 bridgehead atoms. The van der Waals surface area contributed by atoms with Crippen LogP contribution < -0.4 is 0 Å². The maximum atomic E-state index is 13.0. The predicted molar refractivity (Wildman–Crippen MR) is 358 cm³/mol. The molecule has 3 N–H and O–H groups in total. The number of phosphoric ester groups is 2. The summed E-state index contributed by atoms with van der Waals surface area (Å²) in [7, 11) is -9.90. The van der Waals surface area contributed by atoms with Gasteiger partial charge in [-0.15, -0.1) is 0 Å². The second kappa shape index (κ2) is 63.0. The van der Waals surface area contributed by atoms with Crippen LogP contribution in [0.15, 0.2) is 24.3 Å². The summed E-state index contributed by atoms with van der Waals surface area (Å²) in [6.07, 6.45) is 52.4. The zero-order valence-electron chi connectivity index (χ0n) is 57.0. The molecular formula is C70H132O17P2. The molecular weight excluding hydrogens is 1170 g/mol. The fourth-order valence-corrected chi connectivity index (χ4v) is 11.6. The van der Waals surface area contributed by atoms with Crippen LogP contribution in [-0.2, 0) is 65.4 Å². The number of esters is 4. The van der Waals surface area contributed by atoms with Crippen LogP contribution >= 0.6 is 15.6 Å². The number of ether oxygens (including phenoxy) is 4. The first-order chi connectivity index (χ1) is 43.1. The molecule has 0 aliphatic carbocycles. The smallest absolute Gasteiger partial charge is 0.462 e. The Hall–Kier alpha value is -2.46. The summed E-state index contributed by atoms with van der Waals surface area (Å²) >= 11 is 0. The number of carbonyl (C=O) groups excluding carboxylic acids is 4. The standard InChI is InChI=1S/C70H132O17P2/c1-6-10-13-16-19-21-23-25-27-28-30-32-34-36-39-45-50-55-69(74)86-65(60-81-68(73)54-49-44-38-35-33-31-29-26-24-22-20-17-14-11-7-2)61-84-88(76,77)82-57-64(71)58-83-89(78,79)85-62-66(59-80-67(72)53-48-43-37-18-15-12-8-3)87-70(75)56-51-46-41-40-42-47-52-63(5)9-4/h22,24,26,29,63-66,71H,6-21,23,25,27-28,30-62H2,1-5H3,(H,76,77)(H,78,79)/b24-22-,29-26-/t63?,64-,65-,66-/m1/s1. The van der Waals surface area contributed by atoms with Gasteiger partial charge in [0.2, 0.25) is 0 Å². The molecule has 19 heteroatoms. The van der Waals surface area contributed by atoms with Gasteiger partial charge in [0.1, 0.15) is 19.3 Å². The zero-order valence-corrected chi connectivity index (χ0v) is 58.8. The Morgan fingerprint density at radius 1 is 0.360 bits per heavy atom. The highest BCUT2D eigenvalue weighted by atomic mass is 31.2. The summed E-state index contributed by atoms with van der Waals surface area (Å²) in [5.41, 5.74) is 0. The third-order valence-electron chi connectivity index (χ3n) is 16.0. The van der Waals surface area contributed by atoms with Gasteiger partial charge in [-0.25, -0.2) is 9.13 Å². The number of rotatable bonds is 68. The Bertz CT molecular complexity index is 1810. The molecule has 0 amide bonds. The second-order valence-corrected chi connectivity index (χ2v) is 27.7. The van der Waals surface area contributed by atoms with E-state index in [4.69, 9.17) is 37.0 Å². The van der Waals surface area contributed by atoms with Crippen LogP contribution in [-0.4, -0.2) is 96.7 Å². The van der Waals surface area contributed by atoms with Crippen LogP contribution in [0.2, 0.25) is 0 Å². The molecule has 0 heterocycles. The largest absolute Gasteiger partial charge is 0.472 e. The fourth-order valence-electron chi connectivity index (χ4n) is 10.1. The monoisotopic (exact) mass is 1310 g/mol. The molecule has 0 spiro atoms. The summed E-state index contributed by atoms with van der Waals surface area (Å²) in [4.78, 5) is 72.3. The Kier molecular flexibility index (Phi) is 61.2. The summed E-state index contributed by atoms with van der Waals surface area (Å²) in [6.45, 7) is 7.09. The lowest BCUT2D eigenvalue weighted by Gasteiger charge is -2.21. The predicted octanol–water partition coefficient (Wildman–Crippen LogP) is 19.7. The number of hydrogen-bond acceptors (Lipinski definition) is 15. The van der Waals surface area contributed by atoms with Crippen molar-refractivity contribution in [2.45, 2.75) is 355 Å². The van der Waals surface area contributed by atoms with E-state index < -0.39 is 97.5 Å². The molecule has 0 aromatic rings. The van der Waals surface area contributed by atoms with Gasteiger partial charge in [0, 0.05) is 25.7 Å².